The summed E-state index contributed by atoms with van der Waals surface area (Å²) in [6, 6.07) is 6.15. The van der Waals surface area contributed by atoms with Gasteiger partial charge in [-0.2, -0.15) is 5.10 Å². The Bertz CT molecular complexity index is 1100. The van der Waals surface area contributed by atoms with E-state index in [4.69, 9.17) is 0 Å². The van der Waals surface area contributed by atoms with Crippen molar-refractivity contribution in [1.29, 1.82) is 0 Å². The van der Waals surface area contributed by atoms with Gasteiger partial charge in [0.05, 0.1) is 17.2 Å². The lowest BCUT2D eigenvalue weighted by molar-refractivity contribution is 0.252. The first kappa shape index (κ1) is 16.7. The third kappa shape index (κ3) is 3.22. The fourth-order valence-corrected chi connectivity index (χ4v) is 2.83. The van der Waals surface area contributed by atoms with E-state index >= 15 is 0 Å². The van der Waals surface area contributed by atoms with Crippen LogP contribution in [0.3, 0.4) is 0 Å². The predicted molar refractivity (Wildman–Crippen MR) is 99.6 cm³/mol. The minimum atomic E-state index is -0.448. The maximum Gasteiger partial charge on any atom is 0.321 e. The van der Waals surface area contributed by atoms with E-state index in [1.807, 2.05) is 19.1 Å². The highest BCUT2D eigenvalue weighted by Gasteiger charge is 2.17. The zero-order chi connectivity index (χ0) is 18.8. The van der Waals surface area contributed by atoms with E-state index in [1.165, 1.54) is 18.3 Å². The van der Waals surface area contributed by atoms with Crippen LogP contribution in [0.4, 0.5) is 15.1 Å². The highest BCUT2D eigenvalue weighted by atomic mass is 19.1. The number of urea groups is 1. The van der Waals surface area contributed by atoms with Gasteiger partial charge in [-0.25, -0.2) is 14.2 Å². The Labute approximate surface area is 153 Å². The number of pyridine rings is 1. The molecule has 4 N–H and O–H groups in total. The molecular formula is C18H16FN7O. The van der Waals surface area contributed by atoms with Gasteiger partial charge < -0.3 is 10.3 Å². The molecule has 0 aliphatic heterocycles. The van der Waals surface area contributed by atoms with Crippen molar-refractivity contribution < 1.29 is 9.18 Å². The molecule has 9 heteroatoms. The minimum Gasteiger partial charge on any atom is -0.338 e. The minimum absolute atomic E-state index is 0.195. The molecule has 0 radical (unpaired) electrons. The number of H-pyrrole nitrogens is 2. The van der Waals surface area contributed by atoms with Crippen LogP contribution in [0.25, 0.3) is 33.4 Å². The Morgan fingerprint density at radius 1 is 1.30 bits per heavy atom. The molecule has 2 amide bonds. The van der Waals surface area contributed by atoms with Crippen molar-refractivity contribution >= 4 is 23.0 Å². The number of aromatic amines is 2. The summed E-state index contributed by atoms with van der Waals surface area (Å²) in [4.78, 5) is 23.4. The lowest BCUT2D eigenvalue weighted by atomic mass is 10.0. The molecule has 0 saturated heterocycles. The van der Waals surface area contributed by atoms with E-state index in [1.54, 1.807) is 12.4 Å². The van der Waals surface area contributed by atoms with Crippen molar-refractivity contribution in [2.45, 2.75) is 6.92 Å². The summed E-state index contributed by atoms with van der Waals surface area (Å²) in [6.07, 6.45) is 4.93. The molecule has 136 valence electrons. The Hall–Kier alpha value is -3.75. The Morgan fingerprint density at radius 2 is 2.19 bits per heavy atom. The van der Waals surface area contributed by atoms with E-state index in [2.05, 4.69) is 35.8 Å². The van der Waals surface area contributed by atoms with Crippen LogP contribution in [0.5, 0.6) is 0 Å². The lowest BCUT2D eigenvalue weighted by Gasteiger charge is -2.06. The smallest absolute Gasteiger partial charge is 0.321 e. The highest BCUT2D eigenvalue weighted by Crippen LogP contribution is 2.33. The van der Waals surface area contributed by atoms with Crippen molar-refractivity contribution in [1.82, 2.24) is 30.5 Å². The van der Waals surface area contributed by atoms with Gasteiger partial charge >= 0.3 is 6.03 Å². The molecule has 4 rings (SSSR count). The number of hydrogen-bond donors (Lipinski definition) is 4. The van der Waals surface area contributed by atoms with Crippen LogP contribution >= 0.6 is 0 Å². The van der Waals surface area contributed by atoms with Crippen LogP contribution in [-0.2, 0) is 0 Å². The quantitative estimate of drug-likeness (QED) is 0.444. The first-order valence-electron chi connectivity index (χ1n) is 8.34. The normalized spacial score (nSPS) is 10.9. The number of aromatic nitrogens is 5. The standard InChI is InChI=1S/C18H16FN7O/c1-2-20-18(27)26-17-24-14-7-10(11-8-22-23-9-11)6-12(16(14)25-17)15-13(19)4-3-5-21-15/h3-9H,2H2,1H3,(H,22,23)(H3,20,24,25,26,27). The van der Waals surface area contributed by atoms with Gasteiger partial charge in [0.1, 0.15) is 11.5 Å². The van der Waals surface area contributed by atoms with Crippen molar-refractivity contribution in [3.63, 3.8) is 0 Å². The van der Waals surface area contributed by atoms with Gasteiger partial charge in [0.25, 0.3) is 0 Å². The number of rotatable bonds is 4. The molecule has 0 spiro atoms. The van der Waals surface area contributed by atoms with Gasteiger partial charge in [-0.15, -0.1) is 0 Å². The Kier molecular flexibility index (Phi) is 4.25. The van der Waals surface area contributed by atoms with E-state index in [0.717, 1.165) is 11.1 Å². The summed E-state index contributed by atoms with van der Waals surface area (Å²) >= 11 is 0. The summed E-state index contributed by atoms with van der Waals surface area (Å²) in [7, 11) is 0. The second-order valence-electron chi connectivity index (χ2n) is 5.81. The molecule has 3 aromatic heterocycles. The number of halogens is 1. The number of nitrogens with zero attached hydrogens (tertiary/aromatic N) is 3. The van der Waals surface area contributed by atoms with Crippen molar-refractivity contribution in [2.24, 2.45) is 0 Å². The number of amides is 2. The summed E-state index contributed by atoms with van der Waals surface area (Å²) in [6.45, 7) is 2.30. The number of fused-ring (bicyclic) bond motifs is 1. The molecule has 0 aliphatic rings. The molecule has 0 saturated carbocycles. The largest absolute Gasteiger partial charge is 0.338 e. The summed E-state index contributed by atoms with van der Waals surface area (Å²) in [5.74, 6) is -0.186. The van der Waals surface area contributed by atoms with Crippen LogP contribution in [0, 0.1) is 5.82 Å². The van der Waals surface area contributed by atoms with Crippen molar-refractivity contribution in [2.75, 3.05) is 11.9 Å². The molecule has 1 aromatic carbocycles. The summed E-state index contributed by atoms with van der Waals surface area (Å²) in [5.41, 5.74) is 3.51. The van der Waals surface area contributed by atoms with Gasteiger partial charge in [0.2, 0.25) is 5.95 Å². The predicted octanol–water partition coefficient (Wildman–Crippen LogP) is 3.30. The van der Waals surface area contributed by atoms with Gasteiger partial charge in [0, 0.05) is 30.1 Å². The van der Waals surface area contributed by atoms with Gasteiger partial charge in [-0.05, 0) is 36.8 Å². The number of anilines is 1. The fourth-order valence-electron chi connectivity index (χ4n) is 2.83. The third-order valence-corrected chi connectivity index (χ3v) is 4.01. The van der Waals surface area contributed by atoms with Gasteiger partial charge in [-0.3, -0.25) is 15.4 Å². The van der Waals surface area contributed by atoms with Crippen LogP contribution < -0.4 is 10.6 Å². The van der Waals surface area contributed by atoms with E-state index < -0.39 is 5.82 Å². The fraction of sp³-hybridized carbons (Fsp3) is 0.111. The third-order valence-electron chi connectivity index (χ3n) is 4.01. The SMILES string of the molecule is CCNC(=O)Nc1nc2cc(-c3cn[nH]c3)cc(-c3ncccc3F)c2[nH]1. The maximum absolute atomic E-state index is 14.4. The number of carbonyl (C=O) groups is 1. The molecule has 0 atom stereocenters. The molecule has 4 aromatic rings. The van der Waals surface area contributed by atoms with Crippen LogP contribution in [0.1, 0.15) is 6.92 Å². The molecule has 3 heterocycles. The topological polar surface area (TPSA) is 111 Å². The van der Waals surface area contributed by atoms with Crippen LogP contribution in [-0.4, -0.2) is 37.7 Å². The van der Waals surface area contributed by atoms with Crippen LogP contribution in [0.2, 0.25) is 0 Å². The number of carbonyl (C=O) groups excluding carboxylic acids is 1. The first-order chi connectivity index (χ1) is 13.2. The highest BCUT2D eigenvalue weighted by molar-refractivity contribution is 5.98. The van der Waals surface area contributed by atoms with Crippen LogP contribution in [0.15, 0.2) is 42.9 Å². The first-order valence-corrected chi connectivity index (χ1v) is 8.34. The monoisotopic (exact) mass is 365 g/mol. The zero-order valence-electron chi connectivity index (χ0n) is 14.4. The molecule has 27 heavy (non-hydrogen) atoms. The lowest BCUT2D eigenvalue weighted by Crippen LogP contribution is -2.28. The summed E-state index contributed by atoms with van der Waals surface area (Å²) in [5, 5.41) is 12.0. The van der Waals surface area contributed by atoms with E-state index in [9.17, 15) is 9.18 Å². The maximum atomic E-state index is 14.4. The zero-order valence-corrected chi connectivity index (χ0v) is 14.4. The van der Waals surface area contributed by atoms with Crippen molar-refractivity contribution in [3.05, 3.63) is 48.7 Å². The number of imidazole rings is 1. The molecule has 0 unspecified atom stereocenters. The van der Waals surface area contributed by atoms with E-state index in [-0.39, 0.29) is 17.7 Å². The number of hydrogen-bond acceptors (Lipinski definition) is 4. The molecule has 0 bridgehead atoms. The molecule has 0 aliphatic carbocycles. The number of benzene rings is 1. The van der Waals surface area contributed by atoms with Crippen molar-refractivity contribution in [3.8, 4) is 22.4 Å². The molecular weight excluding hydrogens is 349 g/mol. The average molecular weight is 365 g/mol. The molecule has 0 fully saturated rings. The Balaban J connectivity index is 1.89. The Morgan fingerprint density at radius 3 is 2.93 bits per heavy atom. The summed E-state index contributed by atoms with van der Waals surface area (Å²) < 4.78 is 14.4. The van der Waals surface area contributed by atoms with E-state index in [0.29, 0.717) is 23.1 Å². The average Bonchev–Trinajstić information content (AvgIpc) is 3.31. The second-order valence-corrected chi connectivity index (χ2v) is 5.81. The molecule has 8 nitrogen and oxygen atoms in total. The number of nitrogens with one attached hydrogen (secondary N) is 4. The van der Waals surface area contributed by atoms with Gasteiger partial charge in [0.15, 0.2) is 0 Å². The second kappa shape index (κ2) is 6.87. The van der Waals surface area contributed by atoms with Gasteiger partial charge in [-0.1, -0.05) is 0 Å².